The lowest BCUT2D eigenvalue weighted by Crippen LogP contribution is -2.25. The van der Waals surface area contributed by atoms with E-state index < -0.39 is 5.97 Å². The van der Waals surface area contributed by atoms with Crippen LogP contribution < -0.4 is 4.74 Å². The molecule has 2 atom stereocenters. The maximum absolute atomic E-state index is 11.0. The van der Waals surface area contributed by atoms with Gasteiger partial charge < -0.3 is 14.7 Å². The second-order valence-corrected chi connectivity index (χ2v) is 4.70. The molecule has 1 aromatic rings. The zero-order chi connectivity index (χ0) is 13.7. The highest BCUT2D eigenvalue weighted by Crippen LogP contribution is 2.32. The number of ether oxygens (including phenoxy) is 1. The van der Waals surface area contributed by atoms with Crippen LogP contribution in [-0.2, 0) is 4.79 Å². The van der Waals surface area contributed by atoms with E-state index in [9.17, 15) is 4.79 Å². The van der Waals surface area contributed by atoms with Crippen LogP contribution in [0.15, 0.2) is 24.3 Å². The van der Waals surface area contributed by atoms with Crippen molar-refractivity contribution in [3.05, 3.63) is 29.8 Å². The predicted molar refractivity (Wildman–Crippen MR) is 70.8 cm³/mol. The molecule has 4 nitrogen and oxygen atoms in total. The van der Waals surface area contributed by atoms with E-state index >= 15 is 0 Å². The number of methoxy groups -OCH3 is 1. The molecule has 2 unspecified atom stereocenters. The number of benzene rings is 1. The lowest BCUT2D eigenvalue weighted by molar-refractivity contribution is -0.141. The minimum absolute atomic E-state index is 0.0345. The number of nitrogens with zero attached hydrogens (tertiary/aromatic N) is 1. The third-order valence-electron chi connectivity index (χ3n) is 3.12. The van der Waals surface area contributed by atoms with Crippen LogP contribution in [0, 0.1) is 5.92 Å². The van der Waals surface area contributed by atoms with Crippen molar-refractivity contribution in [3.63, 3.8) is 0 Å². The molecule has 100 valence electrons. The van der Waals surface area contributed by atoms with Gasteiger partial charge in [0.1, 0.15) is 5.75 Å². The summed E-state index contributed by atoms with van der Waals surface area (Å²) in [7, 11) is 5.53. The Kier molecular flexibility index (Phi) is 5.16. The Hall–Kier alpha value is -1.55. The average Bonchev–Trinajstić information content (AvgIpc) is 2.35. The first kappa shape index (κ1) is 14.5. The monoisotopic (exact) mass is 251 g/mol. The second-order valence-electron chi connectivity index (χ2n) is 4.70. The Balaban J connectivity index is 3.01. The maximum Gasteiger partial charge on any atom is 0.306 e. The molecule has 0 radical (unpaired) electrons. The van der Waals surface area contributed by atoms with Crippen molar-refractivity contribution in [2.75, 3.05) is 21.2 Å². The van der Waals surface area contributed by atoms with Crippen LogP contribution in [0.25, 0.3) is 0 Å². The molecule has 0 amide bonds. The van der Waals surface area contributed by atoms with E-state index in [2.05, 4.69) is 0 Å². The zero-order valence-electron chi connectivity index (χ0n) is 11.4. The largest absolute Gasteiger partial charge is 0.496 e. The molecule has 0 aliphatic carbocycles. The summed E-state index contributed by atoms with van der Waals surface area (Å²) in [6.07, 6.45) is 0.558. The number of carboxylic acid groups (broad SMARTS) is 1. The molecule has 0 aliphatic rings. The number of hydrogen-bond donors (Lipinski definition) is 1. The molecule has 4 heteroatoms. The maximum atomic E-state index is 11.0. The van der Waals surface area contributed by atoms with Gasteiger partial charge in [0, 0.05) is 11.6 Å². The Morgan fingerprint density at radius 3 is 2.50 bits per heavy atom. The lowest BCUT2D eigenvalue weighted by atomic mass is 9.94. The Morgan fingerprint density at radius 2 is 2.00 bits per heavy atom. The second kappa shape index (κ2) is 6.40. The van der Waals surface area contributed by atoms with Crippen LogP contribution in [0.3, 0.4) is 0 Å². The van der Waals surface area contributed by atoms with Gasteiger partial charge in [0.15, 0.2) is 0 Å². The Bertz CT molecular complexity index is 404. The van der Waals surface area contributed by atoms with Gasteiger partial charge in [-0.15, -0.1) is 0 Å². The molecule has 1 N–H and O–H groups in total. The summed E-state index contributed by atoms with van der Waals surface area (Å²) in [6, 6.07) is 7.78. The van der Waals surface area contributed by atoms with Crippen LogP contribution >= 0.6 is 0 Å². The topological polar surface area (TPSA) is 49.8 Å². The van der Waals surface area contributed by atoms with Gasteiger partial charge in [0.25, 0.3) is 0 Å². The molecular formula is C14H21NO3. The fourth-order valence-corrected chi connectivity index (χ4v) is 1.99. The molecule has 0 bridgehead atoms. The molecule has 0 saturated heterocycles. The van der Waals surface area contributed by atoms with Crippen molar-refractivity contribution >= 4 is 5.97 Å². The van der Waals surface area contributed by atoms with Gasteiger partial charge in [-0.3, -0.25) is 4.79 Å². The van der Waals surface area contributed by atoms with Gasteiger partial charge in [0.05, 0.1) is 13.0 Å². The molecule has 0 heterocycles. The van der Waals surface area contributed by atoms with E-state index in [0.717, 1.165) is 11.3 Å². The normalized spacial score (nSPS) is 14.3. The van der Waals surface area contributed by atoms with Gasteiger partial charge in [-0.25, -0.2) is 0 Å². The van der Waals surface area contributed by atoms with Gasteiger partial charge in [-0.05, 0) is 26.6 Å². The highest BCUT2D eigenvalue weighted by Gasteiger charge is 2.23. The van der Waals surface area contributed by atoms with E-state index in [4.69, 9.17) is 9.84 Å². The zero-order valence-corrected chi connectivity index (χ0v) is 11.4. The number of aliphatic carboxylic acids is 1. The molecule has 0 fully saturated rings. The summed E-state index contributed by atoms with van der Waals surface area (Å²) in [5, 5.41) is 9.04. The van der Waals surface area contributed by atoms with E-state index in [0.29, 0.717) is 6.42 Å². The summed E-state index contributed by atoms with van der Waals surface area (Å²) in [5.74, 6) is -0.354. The standard InChI is InChI=1S/C14H21NO3/c1-10(14(16)17)9-12(15(2)3)11-7-5-6-8-13(11)18-4/h5-8,10,12H,9H2,1-4H3,(H,16,17). The SMILES string of the molecule is COc1ccccc1C(CC(C)C(=O)O)N(C)C. The predicted octanol–water partition coefficient (Wildman–Crippen LogP) is 2.41. The van der Waals surface area contributed by atoms with Crippen LogP contribution in [0.4, 0.5) is 0 Å². The minimum atomic E-state index is -0.767. The number of carbonyl (C=O) groups is 1. The molecule has 0 aromatic heterocycles. The van der Waals surface area contributed by atoms with Gasteiger partial charge >= 0.3 is 5.97 Å². The molecular weight excluding hydrogens is 230 g/mol. The summed E-state index contributed by atoms with van der Waals surface area (Å²) in [6.45, 7) is 1.73. The number of hydrogen-bond acceptors (Lipinski definition) is 3. The lowest BCUT2D eigenvalue weighted by Gasteiger charge is -2.27. The third kappa shape index (κ3) is 3.47. The third-order valence-corrected chi connectivity index (χ3v) is 3.12. The van der Waals surface area contributed by atoms with Gasteiger partial charge in [0.2, 0.25) is 0 Å². The molecule has 0 spiro atoms. The summed E-state index contributed by atoms with van der Waals surface area (Å²) < 4.78 is 5.34. The number of rotatable bonds is 6. The van der Waals surface area contributed by atoms with Crippen molar-refractivity contribution in [1.82, 2.24) is 4.90 Å². The first-order valence-corrected chi connectivity index (χ1v) is 5.99. The van der Waals surface area contributed by atoms with Gasteiger partial charge in [-0.1, -0.05) is 25.1 Å². The van der Waals surface area contributed by atoms with Crippen LogP contribution in [0.1, 0.15) is 24.9 Å². The first-order chi connectivity index (χ1) is 8.47. The van der Waals surface area contributed by atoms with Crippen molar-refractivity contribution in [1.29, 1.82) is 0 Å². The molecule has 0 aliphatic heterocycles. The molecule has 0 saturated carbocycles. The average molecular weight is 251 g/mol. The van der Waals surface area contributed by atoms with E-state index in [1.54, 1.807) is 14.0 Å². The Morgan fingerprint density at radius 1 is 1.39 bits per heavy atom. The first-order valence-electron chi connectivity index (χ1n) is 5.99. The Labute approximate surface area is 108 Å². The van der Waals surface area contributed by atoms with Crippen molar-refractivity contribution in [2.24, 2.45) is 5.92 Å². The van der Waals surface area contributed by atoms with Crippen LogP contribution in [0.5, 0.6) is 5.75 Å². The highest BCUT2D eigenvalue weighted by atomic mass is 16.5. The van der Waals surface area contributed by atoms with Crippen molar-refractivity contribution < 1.29 is 14.6 Å². The quantitative estimate of drug-likeness (QED) is 0.843. The fourth-order valence-electron chi connectivity index (χ4n) is 1.99. The smallest absolute Gasteiger partial charge is 0.306 e. The van der Waals surface area contributed by atoms with E-state index in [1.165, 1.54) is 0 Å². The molecule has 1 rings (SSSR count). The fraction of sp³-hybridized carbons (Fsp3) is 0.500. The number of para-hydroxylation sites is 1. The van der Waals surface area contributed by atoms with Crippen molar-refractivity contribution in [3.8, 4) is 5.75 Å². The number of carboxylic acids is 1. The van der Waals surface area contributed by atoms with Crippen molar-refractivity contribution in [2.45, 2.75) is 19.4 Å². The van der Waals surface area contributed by atoms with E-state index in [1.807, 2.05) is 43.3 Å². The highest BCUT2D eigenvalue weighted by molar-refractivity contribution is 5.69. The van der Waals surface area contributed by atoms with Crippen LogP contribution in [0.2, 0.25) is 0 Å². The van der Waals surface area contributed by atoms with E-state index in [-0.39, 0.29) is 12.0 Å². The summed E-state index contributed by atoms with van der Waals surface area (Å²) in [5.41, 5.74) is 1.03. The van der Waals surface area contributed by atoms with Gasteiger partial charge in [-0.2, -0.15) is 0 Å². The summed E-state index contributed by atoms with van der Waals surface area (Å²) >= 11 is 0. The molecule has 18 heavy (non-hydrogen) atoms. The summed E-state index contributed by atoms with van der Waals surface area (Å²) in [4.78, 5) is 13.0. The minimum Gasteiger partial charge on any atom is -0.496 e. The molecule has 1 aromatic carbocycles. The van der Waals surface area contributed by atoms with Crippen LogP contribution in [-0.4, -0.2) is 37.2 Å².